The van der Waals surface area contributed by atoms with Crippen molar-refractivity contribution in [2.75, 3.05) is 12.4 Å². The third kappa shape index (κ3) is 3.58. The van der Waals surface area contributed by atoms with Crippen molar-refractivity contribution in [2.45, 2.75) is 72.1 Å². The number of hydrogen-bond donors (Lipinski definition) is 1. The lowest BCUT2D eigenvalue weighted by Crippen LogP contribution is -2.54. The van der Waals surface area contributed by atoms with E-state index >= 15 is 0 Å². The first-order valence-electron chi connectivity index (χ1n) is 13.4. The van der Waals surface area contributed by atoms with E-state index in [0.717, 1.165) is 29.5 Å². The van der Waals surface area contributed by atoms with Gasteiger partial charge in [-0.2, -0.15) is 0 Å². The minimum atomic E-state index is 0.0700. The summed E-state index contributed by atoms with van der Waals surface area (Å²) in [4.78, 5) is 32.2. The summed E-state index contributed by atoms with van der Waals surface area (Å²) in [5.74, 6) is 2.66. The lowest BCUT2D eigenvalue weighted by atomic mass is 9.48. The molecule has 5 nitrogen and oxygen atoms in total. The van der Waals surface area contributed by atoms with Gasteiger partial charge in [0.05, 0.1) is 9.72 Å². The van der Waals surface area contributed by atoms with Gasteiger partial charge in [0, 0.05) is 31.0 Å². The summed E-state index contributed by atoms with van der Waals surface area (Å²) < 4.78 is 0.993. The number of piperidine rings is 1. The number of carbonyl (C=O) groups excluding carboxylic acids is 2. The van der Waals surface area contributed by atoms with Crippen molar-refractivity contribution in [3.05, 3.63) is 34.5 Å². The van der Waals surface area contributed by atoms with Crippen LogP contribution in [0.3, 0.4) is 0 Å². The number of benzene rings is 1. The lowest BCUT2D eigenvalue weighted by molar-refractivity contribution is -0.136. The molecule has 6 atom stereocenters. The molecule has 0 unspecified atom stereocenters. The summed E-state index contributed by atoms with van der Waals surface area (Å²) in [7, 11) is 1.98. The number of aromatic nitrogens is 1. The van der Waals surface area contributed by atoms with Crippen molar-refractivity contribution in [1.82, 2.24) is 9.88 Å². The van der Waals surface area contributed by atoms with E-state index in [1.807, 2.05) is 30.1 Å². The first kappa shape index (κ1) is 24.4. The molecule has 2 heterocycles. The van der Waals surface area contributed by atoms with Crippen LogP contribution in [-0.2, 0) is 9.59 Å². The number of hydrogen-bond acceptors (Lipinski definition) is 4. The van der Waals surface area contributed by atoms with Gasteiger partial charge >= 0.3 is 0 Å². The zero-order valence-electron chi connectivity index (χ0n) is 21.7. The molecule has 4 aliphatic rings. The molecule has 1 aliphatic heterocycles. The molecule has 7 heteroatoms. The molecule has 2 amide bonds. The van der Waals surface area contributed by atoms with Crippen LogP contribution in [0.25, 0.3) is 10.2 Å². The Kier molecular flexibility index (Phi) is 5.80. The SMILES string of the molecule is CC1=C2N(C)C(=O)CC[C@]2(C)[C@H]2CC[C@]3(C)[C@@H](CC(=O)Nc4nc5c(Cl)cccc5s4)CC[C@H]3[C@@H]2C1. The fraction of sp³-hybridized carbons (Fsp3) is 0.621. The Morgan fingerprint density at radius 3 is 2.81 bits per heavy atom. The maximum atomic E-state index is 13.2. The van der Waals surface area contributed by atoms with Gasteiger partial charge in [0.1, 0.15) is 5.52 Å². The summed E-state index contributed by atoms with van der Waals surface area (Å²) in [6.45, 7) is 7.15. The molecule has 0 radical (unpaired) electrons. The van der Waals surface area contributed by atoms with Gasteiger partial charge in [-0.15, -0.1) is 0 Å². The highest BCUT2D eigenvalue weighted by Crippen LogP contribution is 2.67. The number of thiazole rings is 1. The Labute approximate surface area is 222 Å². The number of likely N-dealkylation sites (tertiary alicyclic amines) is 1. The number of halogens is 1. The average Bonchev–Trinajstić information content (AvgIpc) is 3.38. The standard InChI is InChI=1S/C29H36ClN3O2S/c1-16-14-18-19-9-8-17(15-23(34)31-27-32-25-21(30)6-5-7-22(25)36-27)28(19,2)12-10-20(18)29(3)13-11-24(35)33(4)26(16)29/h5-7,17-20H,8-15H2,1-4H3,(H,31,32,34)/t17-,18+,19+,20+,28-,29-/m1/s1. The quantitative estimate of drug-likeness (QED) is 0.458. The molecular weight excluding hydrogens is 490 g/mol. The number of anilines is 1. The molecule has 6 rings (SSSR count). The molecule has 3 aliphatic carbocycles. The summed E-state index contributed by atoms with van der Waals surface area (Å²) in [5.41, 5.74) is 3.78. The predicted octanol–water partition coefficient (Wildman–Crippen LogP) is 7.27. The van der Waals surface area contributed by atoms with E-state index in [0.29, 0.717) is 46.7 Å². The van der Waals surface area contributed by atoms with Crippen LogP contribution in [0.4, 0.5) is 5.13 Å². The number of nitrogens with zero attached hydrogens (tertiary/aromatic N) is 2. The monoisotopic (exact) mass is 525 g/mol. The van der Waals surface area contributed by atoms with E-state index in [-0.39, 0.29) is 22.6 Å². The maximum absolute atomic E-state index is 13.2. The highest BCUT2D eigenvalue weighted by molar-refractivity contribution is 7.22. The molecule has 3 fully saturated rings. The van der Waals surface area contributed by atoms with Crippen molar-refractivity contribution in [2.24, 2.45) is 34.5 Å². The number of allylic oxidation sites excluding steroid dienone is 2. The molecule has 0 bridgehead atoms. The number of amides is 2. The van der Waals surface area contributed by atoms with Gasteiger partial charge < -0.3 is 10.2 Å². The Morgan fingerprint density at radius 2 is 2.03 bits per heavy atom. The highest BCUT2D eigenvalue weighted by Gasteiger charge is 2.60. The Morgan fingerprint density at radius 1 is 1.22 bits per heavy atom. The number of carbonyl (C=O) groups is 2. The van der Waals surface area contributed by atoms with Crippen LogP contribution >= 0.6 is 22.9 Å². The van der Waals surface area contributed by atoms with Crippen molar-refractivity contribution in [3.63, 3.8) is 0 Å². The number of rotatable bonds is 3. The number of nitrogens with one attached hydrogen (secondary N) is 1. The maximum Gasteiger partial charge on any atom is 0.226 e. The lowest BCUT2D eigenvalue weighted by Gasteiger charge is -2.59. The van der Waals surface area contributed by atoms with Crippen molar-refractivity contribution >= 4 is 50.1 Å². The molecule has 192 valence electrons. The normalized spacial score (nSPS) is 36.0. The molecule has 1 aromatic heterocycles. The van der Waals surface area contributed by atoms with Crippen LogP contribution in [0.1, 0.15) is 72.1 Å². The van der Waals surface area contributed by atoms with Crippen LogP contribution in [0, 0.1) is 34.5 Å². The van der Waals surface area contributed by atoms with Gasteiger partial charge in [-0.05, 0) is 86.7 Å². The molecule has 2 aromatic rings. The second kappa shape index (κ2) is 8.56. The third-order valence-corrected chi connectivity index (χ3v) is 11.8. The number of para-hydroxylation sites is 1. The van der Waals surface area contributed by atoms with Crippen molar-refractivity contribution in [1.29, 1.82) is 0 Å². The Balaban J connectivity index is 1.20. The number of fused-ring (bicyclic) bond motifs is 6. The second-order valence-electron chi connectivity index (χ2n) is 12.3. The van der Waals surface area contributed by atoms with Crippen LogP contribution in [-0.4, -0.2) is 28.7 Å². The van der Waals surface area contributed by atoms with Gasteiger partial charge in [-0.3, -0.25) is 9.59 Å². The molecular formula is C29H36ClN3O2S. The van der Waals surface area contributed by atoms with E-state index < -0.39 is 0 Å². The minimum Gasteiger partial charge on any atom is -0.319 e. The summed E-state index contributed by atoms with van der Waals surface area (Å²) in [6.07, 6.45) is 7.99. The second-order valence-corrected chi connectivity index (χ2v) is 13.7. The minimum absolute atomic E-state index is 0.0700. The highest BCUT2D eigenvalue weighted by atomic mass is 35.5. The Bertz CT molecular complexity index is 1290. The van der Waals surface area contributed by atoms with E-state index in [1.54, 1.807) is 0 Å². The predicted molar refractivity (Wildman–Crippen MR) is 146 cm³/mol. The fourth-order valence-electron chi connectivity index (χ4n) is 8.92. The van der Waals surface area contributed by atoms with Crippen molar-refractivity contribution in [3.8, 4) is 0 Å². The van der Waals surface area contributed by atoms with E-state index in [9.17, 15) is 9.59 Å². The van der Waals surface area contributed by atoms with Gasteiger partial charge in [-0.25, -0.2) is 4.98 Å². The summed E-state index contributed by atoms with van der Waals surface area (Å²) in [6, 6.07) is 5.74. The third-order valence-electron chi connectivity index (χ3n) is 10.6. The molecule has 36 heavy (non-hydrogen) atoms. The van der Waals surface area contributed by atoms with Crippen LogP contribution in [0.5, 0.6) is 0 Å². The van der Waals surface area contributed by atoms with Gasteiger partial charge in [-0.1, -0.05) is 48.4 Å². The largest absolute Gasteiger partial charge is 0.319 e. The van der Waals surface area contributed by atoms with E-state index in [4.69, 9.17) is 11.6 Å². The zero-order valence-corrected chi connectivity index (χ0v) is 23.3. The summed E-state index contributed by atoms with van der Waals surface area (Å²) in [5, 5.41) is 4.33. The van der Waals surface area contributed by atoms with Gasteiger partial charge in [0.2, 0.25) is 11.8 Å². The van der Waals surface area contributed by atoms with Crippen molar-refractivity contribution < 1.29 is 9.59 Å². The molecule has 1 aromatic carbocycles. The van der Waals surface area contributed by atoms with Gasteiger partial charge in [0.25, 0.3) is 0 Å². The van der Waals surface area contributed by atoms with Crippen LogP contribution < -0.4 is 5.32 Å². The first-order chi connectivity index (χ1) is 17.1. The molecule has 2 saturated carbocycles. The van der Waals surface area contributed by atoms with E-state index in [1.165, 1.54) is 41.9 Å². The van der Waals surface area contributed by atoms with E-state index in [2.05, 4.69) is 31.1 Å². The van der Waals surface area contributed by atoms with Crippen LogP contribution in [0.15, 0.2) is 29.5 Å². The van der Waals surface area contributed by atoms with Crippen LogP contribution in [0.2, 0.25) is 5.02 Å². The fourth-order valence-corrected chi connectivity index (χ4v) is 10.1. The molecule has 1 saturated heterocycles. The first-order valence-corrected chi connectivity index (χ1v) is 14.6. The Hall–Kier alpha value is -1.92. The average molecular weight is 526 g/mol. The van der Waals surface area contributed by atoms with Gasteiger partial charge in [0.15, 0.2) is 5.13 Å². The topological polar surface area (TPSA) is 62.3 Å². The smallest absolute Gasteiger partial charge is 0.226 e. The summed E-state index contributed by atoms with van der Waals surface area (Å²) >= 11 is 7.77. The molecule has 1 N–H and O–H groups in total. The molecule has 0 spiro atoms. The zero-order chi connectivity index (χ0) is 25.4.